The fraction of sp³-hybridized carbons (Fsp3) is 0.294. The van der Waals surface area contributed by atoms with E-state index < -0.39 is 0 Å². The minimum atomic E-state index is -0.159. The maximum atomic E-state index is 12.0. The minimum Gasteiger partial charge on any atom is -0.378 e. The number of carbonyl (C=O) groups excluding carboxylic acids is 1. The summed E-state index contributed by atoms with van der Waals surface area (Å²) in [7, 11) is 1.84. The van der Waals surface area contributed by atoms with Gasteiger partial charge in [0.15, 0.2) is 0 Å². The van der Waals surface area contributed by atoms with Gasteiger partial charge in [0.2, 0.25) is 5.91 Å². The van der Waals surface area contributed by atoms with Crippen molar-refractivity contribution in [2.24, 2.45) is 7.05 Å². The van der Waals surface area contributed by atoms with Crippen LogP contribution in [0.3, 0.4) is 0 Å². The van der Waals surface area contributed by atoms with Crippen molar-refractivity contribution in [3.05, 3.63) is 48.3 Å². The number of morpholine rings is 1. The van der Waals surface area contributed by atoms with E-state index in [1.165, 1.54) is 6.08 Å². The van der Waals surface area contributed by atoms with Crippen LogP contribution in [0.2, 0.25) is 0 Å². The molecule has 3 rings (SSSR count). The molecule has 1 fully saturated rings. The molecule has 1 N–H and O–H groups in total. The second-order valence-corrected chi connectivity index (χ2v) is 5.42. The quantitative estimate of drug-likeness (QED) is 0.876. The molecule has 1 aliphatic heterocycles. The topological polar surface area (TPSA) is 59.4 Å². The van der Waals surface area contributed by atoms with Gasteiger partial charge in [-0.05, 0) is 24.3 Å². The van der Waals surface area contributed by atoms with Crippen LogP contribution in [0.4, 0.5) is 11.4 Å². The first-order valence-corrected chi connectivity index (χ1v) is 7.61. The maximum Gasteiger partial charge on any atom is 0.248 e. The van der Waals surface area contributed by atoms with E-state index >= 15 is 0 Å². The second-order valence-electron chi connectivity index (χ2n) is 5.42. The predicted molar refractivity (Wildman–Crippen MR) is 90.3 cm³/mol. The number of anilines is 2. The van der Waals surface area contributed by atoms with Crippen LogP contribution in [0, 0.1) is 0 Å². The van der Waals surface area contributed by atoms with Crippen molar-refractivity contribution in [1.29, 1.82) is 0 Å². The van der Waals surface area contributed by atoms with Crippen molar-refractivity contribution < 1.29 is 9.53 Å². The summed E-state index contributed by atoms with van der Waals surface area (Å²) in [6.45, 7) is 3.23. The monoisotopic (exact) mass is 312 g/mol. The number of hydrogen-bond donors (Lipinski definition) is 1. The first-order chi connectivity index (χ1) is 11.2. The Balaban J connectivity index is 1.63. The summed E-state index contributed by atoms with van der Waals surface area (Å²) in [6, 6.07) is 7.87. The molecule has 6 heteroatoms. The Morgan fingerprint density at radius 3 is 2.91 bits per heavy atom. The molecule has 0 aliphatic carbocycles. The Kier molecular flexibility index (Phi) is 4.73. The molecule has 0 saturated carbocycles. The lowest BCUT2D eigenvalue weighted by Gasteiger charge is -2.29. The van der Waals surface area contributed by atoms with Gasteiger partial charge in [0.1, 0.15) is 0 Å². The molecule has 1 amide bonds. The lowest BCUT2D eigenvalue weighted by Crippen LogP contribution is -2.36. The van der Waals surface area contributed by atoms with E-state index in [-0.39, 0.29) is 5.91 Å². The molecule has 1 aromatic heterocycles. The van der Waals surface area contributed by atoms with E-state index in [2.05, 4.69) is 15.3 Å². The Morgan fingerprint density at radius 1 is 1.35 bits per heavy atom. The lowest BCUT2D eigenvalue weighted by atomic mass is 10.2. The molecule has 0 radical (unpaired) electrons. The van der Waals surface area contributed by atoms with Crippen LogP contribution in [-0.2, 0) is 16.6 Å². The van der Waals surface area contributed by atoms with Crippen LogP contribution in [0.1, 0.15) is 5.56 Å². The van der Waals surface area contributed by atoms with Crippen LogP contribution in [0.5, 0.6) is 0 Å². The molecule has 120 valence electrons. The van der Waals surface area contributed by atoms with Crippen molar-refractivity contribution in [1.82, 2.24) is 9.78 Å². The molecular formula is C17H20N4O2. The second kappa shape index (κ2) is 7.11. The van der Waals surface area contributed by atoms with Crippen molar-refractivity contribution >= 4 is 23.4 Å². The molecule has 1 saturated heterocycles. The Bertz CT molecular complexity index is 702. The van der Waals surface area contributed by atoms with E-state index in [0.717, 1.165) is 43.2 Å². The molecule has 2 aromatic rings. The van der Waals surface area contributed by atoms with E-state index in [0.29, 0.717) is 0 Å². The highest BCUT2D eigenvalue weighted by Gasteiger charge is 2.11. The van der Waals surface area contributed by atoms with Crippen molar-refractivity contribution in [3.63, 3.8) is 0 Å². The van der Waals surface area contributed by atoms with Crippen LogP contribution in [0.15, 0.2) is 42.7 Å². The highest BCUT2D eigenvalue weighted by molar-refractivity contribution is 6.02. The zero-order valence-electron chi connectivity index (χ0n) is 13.1. The number of aryl methyl sites for hydroxylation is 1. The number of rotatable bonds is 4. The highest BCUT2D eigenvalue weighted by Crippen LogP contribution is 2.20. The van der Waals surface area contributed by atoms with Gasteiger partial charge in [-0.15, -0.1) is 0 Å². The number of nitrogens with one attached hydrogen (secondary N) is 1. The summed E-state index contributed by atoms with van der Waals surface area (Å²) in [4.78, 5) is 14.3. The zero-order valence-corrected chi connectivity index (χ0v) is 13.1. The van der Waals surface area contributed by atoms with Gasteiger partial charge >= 0.3 is 0 Å². The largest absolute Gasteiger partial charge is 0.378 e. The van der Waals surface area contributed by atoms with E-state index in [4.69, 9.17) is 4.74 Å². The van der Waals surface area contributed by atoms with Crippen molar-refractivity contribution in [2.45, 2.75) is 0 Å². The standard InChI is InChI=1S/C17H20N4O2/c1-20-13-14(12-18-20)5-6-17(22)19-15-3-2-4-16(11-15)21-7-9-23-10-8-21/h2-6,11-13H,7-10H2,1H3,(H,19,22)/b6-5-. The first kappa shape index (κ1) is 15.3. The normalized spacial score (nSPS) is 15.1. The first-order valence-electron chi connectivity index (χ1n) is 7.61. The number of hydrogen-bond acceptors (Lipinski definition) is 4. The molecule has 6 nitrogen and oxygen atoms in total. The molecule has 0 spiro atoms. The summed E-state index contributed by atoms with van der Waals surface area (Å²) in [6.07, 6.45) is 6.82. The van der Waals surface area contributed by atoms with Crippen molar-refractivity contribution in [2.75, 3.05) is 36.5 Å². The van der Waals surface area contributed by atoms with Gasteiger partial charge < -0.3 is 15.0 Å². The van der Waals surface area contributed by atoms with Gasteiger partial charge in [-0.1, -0.05) is 6.07 Å². The fourth-order valence-corrected chi connectivity index (χ4v) is 2.48. The van der Waals surface area contributed by atoms with Gasteiger partial charge in [-0.25, -0.2) is 0 Å². The van der Waals surface area contributed by atoms with Gasteiger partial charge in [0.05, 0.1) is 19.4 Å². The average molecular weight is 312 g/mol. The lowest BCUT2D eigenvalue weighted by molar-refractivity contribution is -0.111. The van der Waals surface area contributed by atoms with Gasteiger partial charge in [0.25, 0.3) is 0 Å². The molecule has 1 aromatic carbocycles. The third kappa shape index (κ3) is 4.20. The summed E-state index contributed by atoms with van der Waals surface area (Å²) < 4.78 is 7.06. The van der Waals surface area contributed by atoms with Crippen LogP contribution in [0.25, 0.3) is 6.08 Å². The number of aromatic nitrogens is 2. The Labute approximate surface area is 135 Å². The highest BCUT2D eigenvalue weighted by atomic mass is 16.5. The summed E-state index contributed by atoms with van der Waals surface area (Å²) >= 11 is 0. The summed E-state index contributed by atoms with van der Waals surface area (Å²) in [5.74, 6) is -0.159. The minimum absolute atomic E-state index is 0.159. The molecule has 23 heavy (non-hydrogen) atoms. The average Bonchev–Trinajstić information content (AvgIpc) is 3.00. The third-order valence-corrected chi connectivity index (χ3v) is 3.64. The number of amides is 1. The van der Waals surface area contributed by atoms with E-state index in [9.17, 15) is 4.79 Å². The maximum absolute atomic E-state index is 12.0. The SMILES string of the molecule is Cn1cc(/C=C\C(=O)Nc2cccc(N3CCOCC3)c2)cn1. The van der Waals surface area contributed by atoms with Crippen LogP contribution in [-0.4, -0.2) is 42.0 Å². The number of benzene rings is 1. The molecule has 0 unspecified atom stereocenters. The molecule has 0 bridgehead atoms. The summed E-state index contributed by atoms with van der Waals surface area (Å²) in [5, 5.41) is 6.95. The van der Waals surface area contributed by atoms with Crippen molar-refractivity contribution in [3.8, 4) is 0 Å². The third-order valence-electron chi connectivity index (χ3n) is 3.64. The number of carbonyl (C=O) groups is 1. The number of nitrogens with zero attached hydrogens (tertiary/aromatic N) is 3. The molecule has 1 aliphatic rings. The van der Waals surface area contributed by atoms with Gasteiger partial charge in [-0.3, -0.25) is 9.48 Å². The van der Waals surface area contributed by atoms with Gasteiger partial charge in [-0.2, -0.15) is 5.10 Å². The van der Waals surface area contributed by atoms with Crippen LogP contribution >= 0.6 is 0 Å². The smallest absolute Gasteiger partial charge is 0.248 e. The molecular weight excluding hydrogens is 292 g/mol. The van der Waals surface area contributed by atoms with E-state index in [1.807, 2.05) is 37.5 Å². The Hall–Kier alpha value is -2.60. The molecule has 0 atom stereocenters. The molecule has 2 heterocycles. The van der Waals surface area contributed by atoms with E-state index in [1.54, 1.807) is 17.0 Å². The fourth-order valence-electron chi connectivity index (χ4n) is 2.48. The number of ether oxygens (including phenoxy) is 1. The van der Waals surface area contributed by atoms with Crippen LogP contribution < -0.4 is 10.2 Å². The summed E-state index contributed by atoms with van der Waals surface area (Å²) in [5.41, 5.74) is 2.78. The van der Waals surface area contributed by atoms with Gasteiger partial charge in [0, 0.05) is 49.3 Å². The zero-order chi connectivity index (χ0) is 16.1. The Morgan fingerprint density at radius 2 is 2.17 bits per heavy atom. The predicted octanol–water partition coefficient (Wildman–Crippen LogP) is 1.91.